The number of morpholine rings is 1. The number of rotatable bonds is 5. The quantitative estimate of drug-likeness (QED) is 0.746. The number of ether oxygens (including phenoxy) is 1. The van der Waals surface area contributed by atoms with Gasteiger partial charge in [0, 0.05) is 19.1 Å². The molecule has 148 valence electrons. The third-order valence-corrected chi connectivity index (χ3v) is 5.45. The third kappa shape index (κ3) is 5.01. The highest BCUT2D eigenvalue weighted by atomic mass is 16.5. The normalized spacial score (nSPS) is 18.1. The van der Waals surface area contributed by atoms with E-state index in [-0.39, 0.29) is 10.8 Å². The van der Waals surface area contributed by atoms with Crippen molar-refractivity contribution in [1.82, 2.24) is 4.90 Å². The average Bonchev–Trinajstić information content (AvgIpc) is 2.55. The van der Waals surface area contributed by atoms with E-state index < -0.39 is 0 Å². The molecule has 0 bridgehead atoms. The Morgan fingerprint density at radius 1 is 1.00 bits per heavy atom. The van der Waals surface area contributed by atoms with E-state index >= 15 is 0 Å². The van der Waals surface area contributed by atoms with Gasteiger partial charge in [0.2, 0.25) is 0 Å². The van der Waals surface area contributed by atoms with Crippen molar-refractivity contribution in [2.45, 2.75) is 84.6 Å². The predicted molar refractivity (Wildman–Crippen MR) is 110 cm³/mol. The van der Waals surface area contributed by atoms with Crippen molar-refractivity contribution >= 4 is 0 Å². The number of hydrogen-bond acceptors (Lipinski definition) is 3. The van der Waals surface area contributed by atoms with Gasteiger partial charge >= 0.3 is 0 Å². The van der Waals surface area contributed by atoms with E-state index in [9.17, 15) is 5.11 Å². The minimum Gasteiger partial charge on any atom is -0.507 e. The fraction of sp³-hybridized carbons (Fsp3) is 0.739. The second kappa shape index (κ2) is 8.31. The molecule has 1 N–H and O–H groups in total. The van der Waals surface area contributed by atoms with Gasteiger partial charge in [0.05, 0.1) is 13.2 Å². The summed E-state index contributed by atoms with van der Waals surface area (Å²) >= 11 is 0. The Kier molecular flexibility index (Phi) is 6.79. The van der Waals surface area contributed by atoms with E-state index in [1.54, 1.807) is 0 Å². The molecule has 0 amide bonds. The SMILES string of the molecule is CCCCC(c1cc(C(C)(C)C)c(O)c(C(C)(C)C)c1)N1CCOCC1. The number of unbranched alkanes of at least 4 members (excludes halogenated alkanes) is 1. The summed E-state index contributed by atoms with van der Waals surface area (Å²) in [5.74, 6) is 0.477. The van der Waals surface area contributed by atoms with Crippen LogP contribution < -0.4 is 0 Å². The highest BCUT2D eigenvalue weighted by Crippen LogP contribution is 2.42. The van der Waals surface area contributed by atoms with Gasteiger partial charge in [-0.3, -0.25) is 4.90 Å². The zero-order valence-electron chi connectivity index (χ0n) is 18.0. The smallest absolute Gasteiger partial charge is 0.123 e. The molecule has 0 radical (unpaired) electrons. The first-order valence-electron chi connectivity index (χ1n) is 10.3. The van der Waals surface area contributed by atoms with Crippen molar-refractivity contribution in [2.75, 3.05) is 26.3 Å². The molecule has 1 aliphatic heterocycles. The molecule has 1 heterocycles. The molecular formula is C23H39NO2. The minimum absolute atomic E-state index is 0.0829. The Balaban J connectivity index is 2.55. The average molecular weight is 362 g/mol. The molecule has 3 heteroatoms. The van der Waals surface area contributed by atoms with Crippen LogP contribution >= 0.6 is 0 Å². The van der Waals surface area contributed by atoms with Crippen molar-refractivity contribution in [2.24, 2.45) is 0 Å². The van der Waals surface area contributed by atoms with Gasteiger partial charge in [0.25, 0.3) is 0 Å². The largest absolute Gasteiger partial charge is 0.507 e. The maximum Gasteiger partial charge on any atom is 0.123 e. The maximum atomic E-state index is 11.0. The number of aromatic hydroxyl groups is 1. The van der Waals surface area contributed by atoms with Gasteiger partial charge in [-0.25, -0.2) is 0 Å². The molecule has 1 aromatic rings. The van der Waals surface area contributed by atoms with E-state index in [4.69, 9.17) is 4.74 Å². The molecule has 0 aromatic heterocycles. The monoisotopic (exact) mass is 361 g/mol. The van der Waals surface area contributed by atoms with Crippen LogP contribution in [0.25, 0.3) is 0 Å². The van der Waals surface area contributed by atoms with Crippen LogP contribution in [0.1, 0.15) is 90.5 Å². The number of nitrogens with zero attached hydrogens (tertiary/aromatic N) is 1. The van der Waals surface area contributed by atoms with E-state index in [0.717, 1.165) is 43.9 Å². The first-order chi connectivity index (χ1) is 12.1. The molecule has 3 nitrogen and oxygen atoms in total. The fourth-order valence-electron chi connectivity index (χ4n) is 3.84. The molecule has 1 unspecified atom stereocenters. The molecule has 0 saturated carbocycles. The van der Waals surface area contributed by atoms with Crippen molar-refractivity contribution < 1.29 is 9.84 Å². The first kappa shape index (κ1) is 21.2. The van der Waals surface area contributed by atoms with Crippen LogP contribution in [0.5, 0.6) is 5.75 Å². The van der Waals surface area contributed by atoms with Gasteiger partial charge in [-0.1, -0.05) is 61.3 Å². The van der Waals surface area contributed by atoms with Crippen LogP contribution in [0.2, 0.25) is 0 Å². The van der Waals surface area contributed by atoms with Crippen molar-refractivity contribution in [3.63, 3.8) is 0 Å². The number of phenolic OH excluding ortho intramolecular Hbond substituents is 1. The van der Waals surface area contributed by atoms with E-state index in [1.807, 2.05) is 0 Å². The molecule has 1 fully saturated rings. The van der Waals surface area contributed by atoms with Crippen LogP contribution in [-0.2, 0) is 15.6 Å². The molecule has 1 aliphatic rings. The van der Waals surface area contributed by atoms with Gasteiger partial charge < -0.3 is 9.84 Å². The van der Waals surface area contributed by atoms with Crippen molar-refractivity contribution in [3.8, 4) is 5.75 Å². The number of benzene rings is 1. The van der Waals surface area contributed by atoms with E-state index in [2.05, 4.69) is 65.5 Å². The van der Waals surface area contributed by atoms with E-state index in [1.165, 1.54) is 18.4 Å². The molecule has 1 atom stereocenters. The highest BCUT2D eigenvalue weighted by molar-refractivity contribution is 5.50. The van der Waals surface area contributed by atoms with Crippen molar-refractivity contribution in [3.05, 3.63) is 28.8 Å². The second-order valence-electron chi connectivity index (χ2n) is 9.77. The van der Waals surface area contributed by atoms with E-state index in [0.29, 0.717) is 11.8 Å². The summed E-state index contributed by atoms with van der Waals surface area (Å²) in [6.07, 6.45) is 3.59. The summed E-state index contributed by atoms with van der Waals surface area (Å²) in [5, 5.41) is 11.0. The maximum absolute atomic E-state index is 11.0. The fourth-order valence-corrected chi connectivity index (χ4v) is 3.84. The molecule has 0 aliphatic carbocycles. The lowest BCUT2D eigenvalue weighted by atomic mass is 9.77. The highest BCUT2D eigenvalue weighted by Gasteiger charge is 2.30. The summed E-state index contributed by atoms with van der Waals surface area (Å²) in [5.41, 5.74) is 3.32. The number of hydrogen-bond donors (Lipinski definition) is 1. The molecule has 0 spiro atoms. The first-order valence-corrected chi connectivity index (χ1v) is 10.3. The van der Waals surface area contributed by atoms with Gasteiger partial charge in [-0.2, -0.15) is 0 Å². The predicted octanol–water partition coefficient (Wildman–Crippen LogP) is 5.55. The molecule has 2 rings (SSSR count). The Hall–Kier alpha value is -1.06. The topological polar surface area (TPSA) is 32.7 Å². The van der Waals surface area contributed by atoms with Crippen LogP contribution in [-0.4, -0.2) is 36.3 Å². The molecule has 1 aromatic carbocycles. The molecule has 26 heavy (non-hydrogen) atoms. The van der Waals surface area contributed by atoms with Crippen LogP contribution in [0.4, 0.5) is 0 Å². The Morgan fingerprint density at radius 2 is 1.50 bits per heavy atom. The van der Waals surface area contributed by atoms with Crippen LogP contribution in [0.3, 0.4) is 0 Å². The lowest BCUT2D eigenvalue weighted by Crippen LogP contribution is -2.39. The summed E-state index contributed by atoms with van der Waals surface area (Å²) < 4.78 is 5.58. The molecule has 1 saturated heterocycles. The second-order valence-corrected chi connectivity index (χ2v) is 9.77. The number of phenols is 1. The van der Waals surface area contributed by atoms with Crippen LogP contribution in [0.15, 0.2) is 12.1 Å². The lowest BCUT2D eigenvalue weighted by Gasteiger charge is -2.37. The Morgan fingerprint density at radius 3 is 1.92 bits per heavy atom. The van der Waals surface area contributed by atoms with Crippen LogP contribution in [0, 0.1) is 0 Å². The Bertz CT molecular complexity index is 554. The lowest BCUT2D eigenvalue weighted by molar-refractivity contribution is 0.0137. The zero-order chi connectivity index (χ0) is 19.5. The summed E-state index contributed by atoms with van der Waals surface area (Å²) in [4.78, 5) is 2.57. The third-order valence-electron chi connectivity index (χ3n) is 5.45. The Labute approximate surface area is 160 Å². The summed E-state index contributed by atoms with van der Waals surface area (Å²) in [6.45, 7) is 19.0. The van der Waals surface area contributed by atoms with Gasteiger partial charge in [-0.15, -0.1) is 0 Å². The van der Waals surface area contributed by atoms with Crippen molar-refractivity contribution in [1.29, 1.82) is 0 Å². The van der Waals surface area contributed by atoms with Gasteiger partial charge in [0.15, 0.2) is 0 Å². The summed E-state index contributed by atoms with van der Waals surface area (Å²) in [6, 6.07) is 4.93. The zero-order valence-corrected chi connectivity index (χ0v) is 18.0. The van der Waals surface area contributed by atoms with Gasteiger partial charge in [-0.05, 0) is 46.1 Å². The standard InChI is InChI=1S/C23H39NO2/c1-8-9-10-20(24-11-13-26-14-12-24)17-15-18(22(2,3)4)21(25)19(16-17)23(5,6)7/h15-16,20,25H,8-14H2,1-7H3. The summed E-state index contributed by atoms with van der Waals surface area (Å²) in [7, 11) is 0. The van der Waals surface area contributed by atoms with Gasteiger partial charge in [0.1, 0.15) is 5.75 Å². The minimum atomic E-state index is -0.0829. The molecular weight excluding hydrogens is 322 g/mol.